The number of furan rings is 1. The first-order valence-corrected chi connectivity index (χ1v) is 6.19. The molecule has 0 bridgehead atoms. The number of likely N-dealkylation sites (tertiary alicyclic amines) is 1. The predicted octanol–water partition coefficient (Wildman–Crippen LogP) is 2.76. The van der Waals surface area contributed by atoms with Gasteiger partial charge >= 0.3 is 6.09 Å². The normalized spacial score (nSPS) is 18.9. The lowest BCUT2D eigenvalue weighted by Crippen LogP contribution is -2.39. The smallest absolute Gasteiger partial charge is 0.407 e. The molecule has 5 nitrogen and oxygen atoms in total. The Balaban J connectivity index is 1.93. The number of carbonyl (C=O) groups is 2. The van der Waals surface area contributed by atoms with Gasteiger partial charge in [-0.15, -0.1) is 0 Å². The van der Waals surface area contributed by atoms with E-state index in [0.29, 0.717) is 25.0 Å². The Morgan fingerprint density at radius 3 is 2.84 bits per heavy atom. The second-order valence-corrected chi connectivity index (χ2v) is 4.65. The third-order valence-electron chi connectivity index (χ3n) is 3.47. The molecule has 0 radical (unpaired) electrons. The summed E-state index contributed by atoms with van der Waals surface area (Å²) in [7, 11) is 0. The van der Waals surface area contributed by atoms with Crippen molar-refractivity contribution >= 4 is 22.8 Å². The van der Waals surface area contributed by atoms with E-state index >= 15 is 0 Å². The average Bonchev–Trinajstić information content (AvgIpc) is 3.04. The molecule has 1 N–H and O–H groups in total. The van der Waals surface area contributed by atoms with Crippen LogP contribution in [0.5, 0.6) is 0 Å². The number of nitrogens with zero attached hydrogens (tertiary/aromatic N) is 1. The van der Waals surface area contributed by atoms with Crippen molar-refractivity contribution in [1.29, 1.82) is 0 Å². The SMILES string of the molecule is O=C(c1cc2ccccc2o1)C1CCCN1C(=O)O. The molecule has 5 heteroatoms. The molecule has 1 amide bonds. The Morgan fingerprint density at radius 1 is 1.32 bits per heavy atom. The molecule has 2 heterocycles. The summed E-state index contributed by atoms with van der Waals surface area (Å²) in [5.74, 6) is -0.0181. The summed E-state index contributed by atoms with van der Waals surface area (Å²) in [5.41, 5.74) is 0.644. The largest absolute Gasteiger partial charge is 0.465 e. The molecule has 1 aromatic heterocycles. The molecule has 1 aromatic carbocycles. The summed E-state index contributed by atoms with van der Waals surface area (Å²) in [4.78, 5) is 24.6. The van der Waals surface area contributed by atoms with E-state index in [1.807, 2.05) is 18.2 Å². The third kappa shape index (κ3) is 1.97. The van der Waals surface area contributed by atoms with Gasteiger partial charge < -0.3 is 9.52 Å². The fourth-order valence-electron chi connectivity index (χ4n) is 2.54. The van der Waals surface area contributed by atoms with Crippen LogP contribution in [0.1, 0.15) is 23.4 Å². The van der Waals surface area contributed by atoms with Crippen molar-refractivity contribution in [2.24, 2.45) is 0 Å². The number of fused-ring (bicyclic) bond motifs is 1. The van der Waals surface area contributed by atoms with E-state index in [0.717, 1.165) is 5.39 Å². The van der Waals surface area contributed by atoms with Gasteiger partial charge in [-0.1, -0.05) is 18.2 Å². The van der Waals surface area contributed by atoms with Crippen LogP contribution in [0.2, 0.25) is 0 Å². The number of para-hydroxylation sites is 1. The maximum absolute atomic E-state index is 12.3. The first kappa shape index (κ1) is 11.8. The Morgan fingerprint density at radius 2 is 2.11 bits per heavy atom. The first-order chi connectivity index (χ1) is 9.16. The highest BCUT2D eigenvalue weighted by Crippen LogP contribution is 2.25. The Bertz CT molecular complexity index is 613. The number of ketones is 1. The second kappa shape index (κ2) is 4.42. The molecule has 1 unspecified atom stereocenters. The molecular weight excluding hydrogens is 246 g/mol. The van der Waals surface area contributed by atoms with Crippen molar-refractivity contribution in [2.45, 2.75) is 18.9 Å². The zero-order valence-corrected chi connectivity index (χ0v) is 10.2. The molecule has 1 saturated heterocycles. The average molecular weight is 259 g/mol. The van der Waals surface area contributed by atoms with Gasteiger partial charge in [-0.2, -0.15) is 0 Å². The van der Waals surface area contributed by atoms with Gasteiger partial charge in [0.15, 0.2) is 5.76 Å². The fourth-order valence-corrected chi connectivity index (χ4v) is 2.54. The lowest BCUT2D eigenvalue weighted by Gasteiger charge is -2.18. The number of hydrogen-bond donors (Lipinski definition) is 1. The molecule has 1 aliphatic rings. The maximum atomic E-state index is 12.3. The Labute approximate surface area is 109 Å². The van der Waals surface area contributed by atoms with E-state index in [2.05, 4.69) is 0 Å². The van der Waals surface area contributed by atoms with Crippen molar-refractivity contribution in [2.75, 3.05) is 6.54 Å². The van der Waals surface area contributed by atoms with Gasteiger partial charge in [0.25, 0.3) is 0 Å². The van der Waals surface area contributed by atoms with Crippen molar-refractivity contribution in [3.05, 3.63) is 36.1 Å². The van der Waals surface area contributed by atoms with Crippen LogP contribution in [0.3, 0.4) is 0 Å². The van der Waals surface area contributed by atoms with Crippen molar-refractivity contribution < 1.29 is 19.1 Å². The molecule has 98 valence electrons. The van der Waals surface area contributed by atoms with Gasteiger partial charge in [0, 0.05) is 11.9 Å². The van der Waals surface area contributed by atoms with Gasteiger partial charge in [-0.05, 0) is 25.0 Å². The highest BCUT2D eigenvalue weighted by Gasteiger charge is 2.35. The molecular formula is C14H13NO4. The van der Waals surface area contributed by atoms with Gasteiger partial charge in [-0.3, -0.25) is 9.69 Å². The lowest BCUT2D eigenvalue weighted by atomic mass is 10.1. The van der Waals surface area contributed by atoms with Crippen LogP contribution in [0, 0.1) is 0 Å². The quantitative estimate of drug-likeness (QED) is 0.842. The highest BCUT2D eigenvalue weighted by atomic mass is 16.4. The summed E-state index contributed by atoms with van der Waals surface area (Å²) < 4.78 is 5.50. The number of amides is 1. The van der Waals surface area contributed by atoms with Crippen LogP contribution in [0.15, 0.2) is 34.7 Å². The summed E-state index contributed by atoms with van der Waals surface area (Å²) in [6.07, 6.45) is 0.220. The van der Waals surface area contributed by atoms with Crippen LogP contribution >= 0.6 is 0 Å². The van der Waals surface area contributed by atoms with Gasteiger partial charge in [0.1, 0.15) is 11.6 Å². The minimum absolute atomic E-state index is 0.236. The molecule has 0 spiro atoms. The number of benzene rings is 1. The monoisotopic (exact) mass is 259 g/mol. The predicted molar refractivity (Wildman–Crippen MR) is 68.3 cm³/mol. The van der Waals surface area contributed by atoms with Crippen LogP contribution in [-0.4, -0.2) is 34.5 Å². The van der Waals surface area contributed by atoms with E-state index in [9.17, 15) is 9.59 Å². The molecule has 3 rings (SSSR count). The molecule has 0 aliphatic carbocycles. The lowest BCUT2D eigenvalue weighted by molar-refractivity contribution is 0.0820. The number of rotatable bonds is 2. The zero-order valence-electron chi connectivity index (χ0n) is 10.2. The van der Waals surface area contributed by atoms with Gasteiger partial charge in [-0.25, -0.2) is 4.79 Å². The molecule has 0 saturated carbocycles. The van der Waals surface area contributed by atoms with E-state index in [-0.39, 0.29) is 11.5 Å². The molecule has 19 heavy (non-hydrogen) atoms. The van der Waals surface area contributed by atoms with Crippen LogP contribution in [-0.2, 0) is 0 Å². The third-order valence-corrected chi connectivity index (χ3v) is 3.47. The van der Waals surface area contributed by atoms with Crippen molar-refractivity contribution in [1.82, 2.24) is 4.90 Å². The first-order valence-electron chi connectivity index (χ1n) is 6.19. The molecule has 1 atom stereocenters. The Kier molecular flexibility index (Phi) is 2.74. The summed E-state index contributed by atoms with van der Waals surface area (Å²) in [6.45, 7) is 0.409. The summed E-state index contributed by atoms with van der Waals surface area (Å²) in [5, 5.41) is 9.91. The van der Waals surface area contributed by atoms with Gasteiger partial charge in [0.2, 0.25) is 5.78 Å². The fraction of sp³-hybridized carbons (Fsp3) is 0.286. The second-order valence-electron chi connectivity index (χ2n) is 4.65. The molecule has 1 fully saturated rings. The maximum Gasteiger partial charge on any atom is 0.407 e. The van der Waals surface area contributed by atoms with Crippen LogP contribution < -0.4 is 0 Å². The minimum Gasteiger partial charge on any atom is -0.465 e. The van der Waals surface area contributed by atoms with Crippen LogP contribution in [0.4, 0.5) is 4.79 Å². The highest BCUT2D eigenvalue weighted by molar-refractivity contribution is 6.02. The Hall–Kier alpha value is -2.30. The standard InChI is InChI=1S/C14H13NO4/c16-13(10-5-3-7-15(10)14(17)18)12-8-9-4-1-2-6-11(9)19-12/h1-2,4,6,8,10H,3,5,7H2,(H,17,18). The van der Waals surface area contributed by atoms with E-state index in [1.54, 1.807) is 12.1 Å². The molecule has 1 aliphatic heterocycles. The topological polar surface area (TPSA) is 70.8 Å². The summed E-state index contributed by atoms with van der Waals surface area (Å²) in [6, 6.07) is 8.41. The van der Waals surface area contributed by atoms with E-state index < -0.39 is 12.1 Å². The van der Waals surface area contributed by atoms with Crippen molar-refractivity contribution in [3.63, 3.8) is 0 Å². The zero-order chi connectivity index (χ0) is 13.4. The van der Waals surface area contributed by atoms with Gasteiger partial charge in [0.05, 0.1) is 0 Å². The van der Waals surface area contributed by atoms with Crippen LogP contribution in [0.25, 0.3) is 11.0 Å². The number of hydrogen-bond acceptors (Lipinski definition) is 3. The summed E-state index contributed by atoms with van der Waals surface area (Å²) >= 11 is 0. The van der Waals surface area contributed by atoms with E-state index in [1.165, 1.54) is 4.90 Å². The van der Waals surface area contributed by atoms with E-state index in [4.69, 9.17) is 9.52 Å². The number of carboxylic acid groups (broad SMARTS) is 1. The minimum atomic E-state index is -1.05. The number of Topliss-reactive ketones (excluding diaryl/α,β-unsaturated/α-hetero) is 1. The number of carbonyl (C=O) groups excluding carboxylic acids is 1. The molecule has 2 aromatic rings. The van der Waals surface area contributed by atoms with Crippen molar-refractivity contribution in [3.8, 4) is 0 Å².